The highest BCUT2D eigenvalue weighted by molar-refractivity contribution is 8.01. The van der Waals surface area contributed by atoms with E-state index >= 15 is 0 Å². The summed E-state index contributed by atoms with van der Waals surface area (Å²) < 4.78 is 0.0964. The van der Waals surface area contributed by atoms with Gasteiger partial charge in [-0.15, -0.1) is 11.8 Å². The summed E-state index contributed by atoms with van der Waals surface area (Å²) in [6.45, 7) is 10.0. The second kappa shape index (κ2) is 5.75. The van der Waals surface area contributed by atoms with Crippen LogP contribution in [0, 0.1) is 0 Å². The fourth-order valence-electron chi connectivity index (χ4n) is 0.894. The minimum absolute atomic E-state index is 0.00618. The van der Waals surface area contributed by atoms with E-state index in [1.807, 2.05) is 13.8 Å². The van der Waals surface area contributed by atoms with Gasteiger partial charge in [0.1, 0.15) is 0 Å². The lowest BCUT2D eigenvalue weighted by molar-refractivity contribution is -0.120. The molecule has 0 heterocycles. The molecule has 0 aliphatic heterocycles. The van der Waals surface area contributed by atoms with Gasteiger partial charge >= 0.3 is 0 Å². The fourth-order valence-corrected chi connectivity index (χ4v) is 1.53. The Kier molecular flexibility index (Phi) is 5.67. The zero-order valence-electron chi connectivity index (χ0n) is 10.4. The number of hydrogen-bond donors (Lipinski definition) is 2. The molecule has 0 spiro atoms. The minimum Gasteiger partial charge on any atom is -0.394 e. The van der Waals surface area contributed by atoms with E-state index in [-0.39, 0.29) is 17.3 Å². The highest BCUT2D eigenvalue weighted by Gasteiger charge is 2.23. The average molecular weight is 233 g/mol. The van der Waals surface area contributed by atoms with Crippen LogP contribution in [0.1, 0.15) is 41.0 Å². The van der Waals surface area contributed by atoms with Crippen molar-refractivity contribution < 1.29 is 9.90 Å². The van der Waals surface area contributed by atoms with Crippen molar-refractivity contribution in [3.8, 4) is 0 Å². The Hall–Kier alpha value is -0.220. The van der Waals surface area contributed by atoms with Crippen molar-refractivity contribution in [2.24, 2.45) is 0 Å². The number of hydrogen-bond acceptors (Lipinski definition) is 3. The van der Waals surface area contributed by atoms with Crippen molar-refractivity contribution in [1.82, 2.24) is 5.32 Å². The van der Waals surface area contributed by atoms with Crippen LogP contribution in [0.5, 0.6) is 0 Å². The van der Waals surface area contributed by atoms with Gasteiger partial charge in [0.05, 0.1) is 17.9 Å². The molecule has 4 heteroatoms. The van der Waals surface area contributed by atoms with Gasteiger partial charge in [-0.05, 0) is 13.3 Å². The molecule has 1 atom stereocenters. The lowest BCUT2D eigenvalue weighted by Gasteiger charge is -2.28. The van der Waals surface area contributed by atoms with Gasteiger partial charge in [0.2, 0.25) is 5.91 Å². The highest BCUT2D eigenvalue weighted by atomic mass is 32.2. The van der Waals surface area contributed by atoms with Gasteiger partial charge < -0.3 is 10.4 Å². The van der Waals surface area contributed by atoms with Crippen molar-refractivity contribution in [2.45, 2.75) is 51.3 Å². The Morgan fingerprint density at radius 2 is 1.87 bits per heavy atom. The monoisotopic (exact) mass is 233 g/mol. The standard InChI is InChI=1S/C11H23NO2S/c1-6-11(5,8-13)12-9(14)7-15-10(2,3)4/h13H,6-8H2,1-5H3,(H,12,14). The summed E-state index contributed by atoms with van der Waals surface area (Å²) in [5.74, 6) is 0.437. The molecular formula is C11H23NO2S. The van der Waals surface area contributed by atoms with E-state index in [1.165, 1.54) is 0 Å². The predicted molar refractivity (Wildman–Crippen MR) is 66.1 cm³/mol. The molecule has 1 amide bonds. The van der Waals surface area contributed by atoms with E-state index in [0.717, 1.165) is 6.42 Å². The molecule has 0 saturated heterocycles. The Morgan fingerprint density at radius 1 is 1.33 bits per heavy atom. The van der Waals surface area contributed by atoms with E-state index in [0.29, 0.717) is 5.75 Å². The summed E-state index contributed by atoms with van der Waals surface area (Å²) in [6, 6.07) is 0. The number of nitrogens with one attached hydrogen (secondary N) is 1. The van der Waals surface area contributed by atoms with Gasteiger partial charge in [-0.25, -0.2) is 0 Å². The van der Waals surface area contributed by atoms with E-state index in [4.69, 9.17) is 5.11 Å². The molecule has 0 aliphatic carbocycles. The van der Waals surface area contributed by atoms with E-state index < -0.39 is 5.54 Å². The molecule has 2 N–H and O–H groups in total. The first-order chi connectivity index (χ1) is 6.72. The van der Waals surface area contributed by atoms with E-state index in [2.05, 4.69) is 26.1 Å². The maximum Gasteiger partial charge on any atom is 0.230 e. The van der Waals surface area contributed by atoms with Crippen LogP contribution in [0.15, 0.2) is 0 Å². The summed E-state index contributed by atoms with van der Waals surface area (Å²) in [7, 11) is 0. The first kappa shape index (κ1) is 14.8. The lowest BCUT2D eigenvalue weighted by atomic mass is 10.0. The predicted octanol–water partition coefficient (Wildman–Crippen LogP) is 1.80. The van der Waals surface area contributed by atoms with Crippen LogP contribution < -0.4 is 5.32 Å². The third kappa shape index (κ3) is 6.79. The molecule has 0 aromatic heterocycles. The maximum atomic E-state index is 11.6. The van der Waals surface area contributed by atoms with Gasteiger partial charge in [-0.3, -0.25) is 4.79 Å². The highest BCUT2D eigenvalue weighted by Crippen LogP contribution is 2.22. The maximum absolute atomic E-state index is 11.6. The lowest BCUT2D eigenvalue weighted by Crippen LogP contribution is -2.49. The van der Waals surface area contributed by atoms with Crippen molar-refractivity contribution in [3.63, 3.8) is 0 Å². The zero-order chi connectivity index (χ0) is 12.1. The van der Waals surface area contributed by atoms with Crippen LogP contribution in [-0.4, -0.2) is 33.7 Å². The van der Waals surface area contributed by atoms with Gasteiger partial charge in [0.15, 0.2) is 0 Å². The number of amides is 1. The SMILES string of the molecule is CCC(C)(CO)NC(=O)CSC(C)(C)C. The second-order valence-corrected chi connectivity index (χ2v) is 6.82. The fraction of sp³-hybridized carbons (Fsp3) is 0.909. The van der Waals surface area contributed by atoms with Crippen LogP contribution in [0.4, 0.5) is 0 Å². The third-order valence-electron chi connectivity index (χ3n) is 2.21. The molecule has 90 valence electrons. The molecule has 0 bridgehead atoms. The summed E-state index contributed by atoms with van der Waals surface area (Å²) in [4.78, 5) is 11.6. The molecule has 1 unspecified atom stereocenters. The minimum atomic E-state index is -0.477. The number of carbonyl (C=O) groups excluding carboxylic acids is 1. The molecule has 0 saturated carbocycles. The summed E-state index contributed by atoms with van der Waals surface area (Å²) in [5, 5.41) is 12.0. The smallest absolute Gasteiger partial charge is 0.230 e. The normalized spacial score (nSPS) is 15.9. The number of rotatable bonds is 5. The molecule has 0 aromatic carbocycles. The van der Waals surface area contributed by atoms with Crippen LogP contribution in [0.2, 0.25) is 0 Å². The van der Waals surface area contributed by atoms with Gasteiger partial charge in [-0.2, -0.15) is 0 Å². The summed E-state index contributed by atoms with van der Waals surface area (Å²) >= 11 is 1.61. The molecule has 0 radical (unpaired) electrons. The molecule has 15 heavy (non-hydrogen) atoms. The molecule has 0 fully saturated rings. The van der Waals surface area contributed by atoms with E-state index in [1.54, 1.807) is 11.8 Å². The Labute approximate surface area is 97.0 Å². The number of aliphatic hydroxyl groups excluding tert-OH is 1. The van der Waals surface area contributed by atoms with Crippen LogP contribution in [0.3, 0.4) is 0 Å². The largest absolute Gasteiger partial charge is 0.394 e. The van der Waals surface area contributed by atoms with Crippen LogP contribution >= 0.6 is 11.8 Å². The zero-order valence-corrected chi connectivity index (χ0v) is 11.2. The van der Waals surface area contributed by atoms with Crippen molar-refractivity contribution in [2.75, 3.05) is 12.4 Å². The average Bonchev–Trinajstić information content (AvgIpc) is 2.13. The summed E-state index contributed by atoms with van der Waals surface area (Å²) in [6.07, 6.45) is 0.732. The van der Waals surface area contributed by atoms with Crippen molar-refractivity contribution in [1.29, 1.82) is 0 Å². The van der Waals surface area contributed by atoms with Gasteiger partial charge in [0.25, 0.3) is 0 Å². The Bertz CT molecular complexity index is 207. The number of carbonyl (C=O) groups is 1. The Balaban J connectivity index is 4.04. The Morgan fingerprint density at radius 3 is 2.20 bits per heavy atom. The topological polar surface area (TPSA) is 49.3 Å². The van der Waals surface area contributed by atoms with Gasteiger partial charge in [0, 0.05) is 4.75 Å². The molecule has 3 nitrogen and oxygen atoms in total. The number of aliphatic hydroxyl groups is 1. The van der Waals surface area contributed by atoms with Gasteiger partial charge in [-0.1, -0.05) is 27.7 Å². The summed E-state index contributed by atoms with van der Waals surface area (Å²) in [5.41, 5.74) is -0.477. The number of thioether (sulfide) groups is 1. The molecule has 0 aliphatic rings. The molecular weight excluding hydrogens is 210 g/mol. The molecule has 0 aromatic rings. The first-order valence-corrected chi connectivity index (χ1v) is 6.27. The van der Waals surface area contributed by atoms with Crippen LogP contribution in [-0.2, 0) is 4.79 Å². The van der Waals surface area contributed by atoms with E-state index in [9.17, 15) is 4.79 Å². The first-order valence-electron chi connectivity index (χ1n) is 5.28. The quantitative estimate of drug-likeness (QED) is 0.761. The third-order valence-corrected chi connectivity index (χ3v) is 3.48. The van der Waals surface area contributed by atoms with Crippen molar-refractivity contribution in [3.05, 3.63) is 0 Å². The van der Waals surface area contributed by atoms with Crippen LogP contribution in [0.25, 0.3) is 0 Å². The second-order valence-electron chi connectivity index (χ2n) is 5.02. The molecule has 0 rings (SSSR count). The van der Waals surface area contributed by atoms with Crippen molar-refractivity contribution >= 4 is 17.7 Å².